The van der Waals surface area contributed by atoms with Crippen LogP contribution >= 0.6 is 11.6 Å². The number of esters is 1. The highest BCUT2D eigenvalue weighted by Gasteiger charge is 2.28. The summed E-state index contributed by atoms with van der Waals surface area (Å²) in [7, 11) is 1.28. The summed E-state index contributed by atoms with van der Waals surface area (Å²) < 4.78 is 4.85. The van der Waals surface area contributed by atoms with Crippen molar-refractivity contribution in [2.75, 3.05) is 7.11 Å². The van der Waals surface area contributed by atoms with Crippen LogP contribution in [0, 0.1) is 5.92 Å². The number of halogens is 1. The summed E-state index contributed by atoms with van der Waals surface area (Å²) in [5.74, 6) is -1.21. The van der Waals surface area contributed by atoms with Gasteiger partial charge in [-0.1, -0.05) is 55.8 Å². The Morgan fingerprint density at radius 2 is 1.57 bits per heavy atom. The third kappa shape index (κ3) is 7.19. The second kappa shape index (κ2) is 11.4. The van der Waals surface area contributed by atoms with Gasteiger partial charge in [-0.05, 0) is 42.2 Å². The normalized spacial score (nSPS) is 12.7. The van der Waals surface area contributed by atoms with E-state index in [4.69, 9.17) is 16.3 Å². The molecule has 0 saturated heterocycles. The maximum absolute atomic E-state index is 13.0. The molecule has 0 aliphatic heterocycles. The summed E-state index contributed by atoms with van der Waals surface area (Å²) in [5, 5.41) is 6.02. The zero-order chi connectivity index (χ0) is 22.1. The van der Waals surface area contributed by atoms with Crippen LogP contribution in [0.1, 0.15) is 36.2 Å². The summed E-state index contributed by atoms with van der Waals surface area (Å²) >= 11 is 5.87. The first kappa shape index (κ1) is 23.4. The molecule has 2 N–H and O–H groups in total. The van der Waals surface area contributed by atoms with E-state index in [1.165, 1.54) is 7.11 Å². The third-order valence-corrected chi connectivity index (χ3v) is 4.77. The second-order valence-corrected chi connectivity index (χ2v) is 7.87. The van der Waals surface area contributed by atoms with Crippen LogP contribution in [0.3, 0.4) is 0 Å². The lowest BCUT2D eigenvalue weighted by Crippen LogP contribution is -2.52. The van der Waals surface area contributed by atoms with Gasteiger partial charge in [0.1, 0.15) is 12.1 Å². The number of hydrogen-bond acceptors (Lipinski definition) is 4. The fourth-order valence-electron chi connectivity index (χ4n) is 3.00. The molecule has 0 unspecified atom stereocenters. The first-order valence-corrected chi connectivity index (χ1v) is 10.2. The molecule has 0 saturated carbocycles. The predicted octanol–water partition coefficient (Wildman–Crippen LogP) is 3.39. The molecule has 0 aromatic heterocycles. The van der Waals surface area contributed by atoms with Gasteiger partial charge >= 0.3 is 5.97 Å². The third-order valence-electron chi connectivity index (χ3n) is 4.52. The Morgan fingerprint density at radius 3 is 2.13 bits per heavy atom. The largest absolute Gasteiger partial charge is 0.467 e. The van der Waals surface area contributed by atoms with Gasteiger partial charge in [-0.3, -0.25) is 9.59 Å². The Balaban J connectivity index is 2.13. The van der Waals surface area contributed by atoms with E-state index in [0.717, 1.165) is 5.56 Å². The highest BCUT2D eigenvalue weighted by atomic mass is 35.5. The number of nitrogens with one attached hydrogen (secondary N) is 2. The van der Waals surface area contributed by atoms with Crippen LogP contribution in [0.5, 0.6) is 0 Å². The molecule has 2 amide bonds. The fourth-order valence-corrected chi connectivity index (χ4v) is 3.13. The summed E-state index contributed by atoms with van der Waals surface area (Å²) in [5.41, 5.74) is 1.29. The molecule has 2 atom stereocenters. The smallest absolute Gasteiger partial charge is 0.328 e. The van der Waals surface area contributed by atoms with Crippen molar-refractivity contribution in [3.8, 4) is 0 Å². The number of amides is 2. The average molecular weight is 431 g/mol. The number of benzene rings is 2. The minimum Gasteiger partial charge on any atom is -0.467 e. The van der Waals surface area contributed by atoms with E-state index < -0.39 is 24.0 Å². The van der Waals surface area contributed by atoms with E-state index in [9.17, 15) is 14.4 Å². The molecule has 0 spiro atoms. The van der Waals surface area contributed by atoms with Crippen LogP contribution in [-0.2, 0) is 20.7 Å². The summed E-state index contributed by atoms with van der Waals surface area (Å²) in [6.07, 6.45) is 0.711. The quantitative estimate of drug-likeness (QED) is 0.597. The van der Waals surface area contributed by atoms with Gasteiger partial charge in [-0.2, -0.15) is 0 Å². The molecule has 0 bridgehead atoms. The number of hydrogen-bond donors (Lipinski definition) is 2. The molecule has 2 rings (SSSR count). The molecule has 30 heavy (non-hydrogen) atoms. The van der Waals surface area contributed by atoms with Gasteiger partial charge in [0.05, 0.1) is 7.11 Å². The highest BCUT2D eigenvalue weighted by molar-refractivity contribution is 6.30. The van der Waals surface area contributed by atoms with Gasteiger partial charge in [-0.15, -0.1) is 0 Å². The van der Waals surface area contributed by atoms with Crippen molar-refractivity contribution in [1.82, 2.24) is 10.6 Å². The molecule has 160 valence electrons. The zero-order valence-electron chi connectivity index (χ0n) is 17.4. The molecule has 0 fully saturated rings. The van der Waals surface area contributed by atoms with E-state index in [0.29, 0.717) is 23.4 Å². The first-order chi connectivity index (χ1) is 14.3. The molecule has 0 radical (unpaired) electrons. The lowest BCUT2D eigenvalue weighted by Gasteiger charge is -2.23. The van der Waals surface area contributed by atoms with Crippen LogP contribution in [0.2, 0.25) is 5.02 Å². The minimum absolute atomic E-state index is 0.150. The van der Waals surface area contributed by atoms with Gasteiger partial charge in [0.25, 0.3) is 5.91 Å². The SMILES string of the molecule is COC(=O)[C@@H](Cc1ccccc1)NC(=O)[C@H](CC(C)C)NC(=O)c1ccc(Cl)cc1. The summed E-state index contributed by atoms with van der Waals surface area (Å²) in [6, 6.07) is 14.1. The number of carbonyl (C=O) groups is 3. The molecule has 7 heteroatoms. The van der Waals surface area contributed by atoms with Gasteiger partial charge < -0.3 is 15.4 Å². The van der Waals surface area contributed by atoms with E-state index in [1.54, 1.807) is 24.3 Å². The van der Waals surface area contributed by atoms with Gasteiger partial charge in [-0.25, -0.2) is 4.79 Å². The molecule has 0 aliphatic carbocycles. The zero-order valence-corrected chi connectivity index (χ0v) is 18.1. The molecular weight excluding hydrogens is 404 g/mol. The Morgan fingerprint density at radius 1 is 0.933 bits per heavy atom. The lowest BCUT2D eigenvalue weighted by atomic mass is 10.0. The fraction of sp³-hybridized carbons (Fsp3) is 0.348. The molecule has 0 aliphatic rings. The maximum Gasteiger partial charge on any atom is 0.328 e. The van der Waals surface area contributed by atoms with E-state index in [-0.39, 0.29) is 11.8 Å². The Labute approximate surface area is 182 Å². The monoisotopic (exact) mass is 430 g/mol. The minimum atomic E-state index is -0.855. The Bertz CT molecular complexity index is 853. The standard InChI is InChI=1S/C23H27ClN2O4/c1-15(2)13-19(25-21(27)17-9-11-18(24)12-10-17)22(28)26-20(23(29)30-3)14-16-7-5-4-6-8-16/h4-12,15,19-20H,13-14H2,1-3H3,(H,25,27)(H,26,28)/t19-,20+/m0/s1. The summed E-state index contributed by atoms with van der Waals surface area (Å²) in [4.78, 5) is 37.8. The highest BCUT2D eigenvalue weighted by Crippen LogP contribution is 2.12. The Kier molecular flexibility index (Phi) is 8.87. The van der Waals surface area contributed by atoms with Gasteiger partial charge in [0.15, 0.2) is 0 Å². The maximum atomic E-state index is 13.0. The molecule has 2 aromatic carbocycles. The van der Waals surface area contributed by atoms with Gasteiger partial charge in [0.2, 0.25) is 5.91 Å². The second-order valence-electron chi connectivity index (χ2n) is 7.44. The van der Waals surface area contributed by atoms with Crippen LogP contribution in [0.4, 0.5) is 0 Å². The average Bonchev–Trinajstić information content (AvgIpc) is 2.73. The van der Waals surface area contributed by atoms with Crippen LogP contribution < -0.4 is 10.6 Å². The number of rotatable bonds is 9. The van der Waals surface area contributed by atoms with Crippen molar-refractivity contribution >= 4 is 29.4 Å². The molecule has 0 heterocycles. The number of methoxy groups -OCH3 is 1. The first-order valence-electron chi connectivity index (χ1n) is 9.78. The van der Waals surface area contributed by atoms with Crippen LogP contribution in [0.15, 0.2) is 54.6 Å². The van der Waals surface area contributed by atoms with Crippen molar-refractivity contribution in [3.63, 3.8) is 0 Å². The topological polar surface area (TPSA) is 84.5 Å². The van der Waals surface area contributed by atoms with E-state index in [1.807, 2.05) is 44.2 Å². The lowest BCUT2D eigenvalue weighted by molar-refractivity contribution is -0.145. The molecule has 2 aromatic rings. The molecular formula is C23H27ClN2O4. The van der Waals surface area contributed by atoms with Crippen molar-refractivity contribution in [2.45, 2.75) is 38.8 Å². The number of carbonyl (C=O) groups excluding carboxylic acids is 3. The van der Waals surface area contributed by atoms with Crippen molar-refractivity contribution in [1.29, 1.82) is 0 Å². The van der Waals surface area contributed by atoms with Crippen molar-refractivity contribution in [3.05, 3.63) is 70.7 Å². The Hall–Kier alpha value is -2.86. The van der Waals surface area contributed by atoms with Crippen LogP contribution in [-0.4, -0.2) is 37.0 Å². The van der Waals surface area contributed by atoms with E-state index >= 15 is 0 Å². The van der Waals surface area contributed by atoms with Crippen molar-refractivity contribution < 1.29 is 19.1 Å². The van der Waals surface area contributed by atoms with Crippen LogP contribution in [0.25, 0.3) is 0 Å². The number of ether oxygens (including phenoxy) is 1. The van der Waals surface area contributed by atoms with Gasteiger partial charge in [0, 0.05) is 17.0 Å². The van der Waals surface area contributed by atoms with E-state index in [2.05, 4.69) is 10.6 Å². The summed E-state index contributed by atoms with van der Waals surface area (Å²) in [6.45, 7) is 3.91. The van der Waals surface area contributed by atoms with Crippen molar-refractivity contribution in [2.24, 2.45) is 5.92 Å². The predicted molar refractivity (Wildman–Crippen MR) is 116 cm³/mol. The molecule has 6 nitrogen and oxygen atoms in total.